The van der Waals surface area contributed by atoms with E-state index in [0.717, 1.165) is 18.5 Å². The Morgan fingerprint density at radius 1 is 1.29 bits per heavy atom. The zero-order valence-corrected chi connectivity index (χ0v) is 12.6. The zero-order chi connectivity index (χ0) is 15.6. The van der Waals surface area contributed by atoms with Crippen molar-refractivity contribution < 1.29 is 13.3 Å². The van der Waals surface area contributed by atoms with Crippen molar-refractivity contribution in [1.29, 1.82) is 0 Å². The number of aromatic nitrogens is 2. The standard InChI is InChI=1S/C10H8BrN5O4S/c11-8-2-1-6(16(17)18)3-9(8)15-21(19,20)7-4-13-10(12)14-5-7/h1-5,15H,(H2,12,13,14). The minimum atomic E-state index is -3.98. The Labute approximate surface area is 127 Å². The Bertz CT molecular complexity index is 794. The van der Waals surface area contributed by atoms with Gasteiger partial charge < -0.3 is 5.73 Å². The number of nitrogens with one attached hydrogen (secondary N) is 1. The van der Waals surface area contributed by atoms with E-state index in [2.05, 4.69) is 30.6 Å². The number of anilines is 2. The summed E-state index contributed by atoms with van der Waals surface area (Å²) in [6, 6.07) is 3.71. The van der Waals surface area contributed by atoms with E-state index in [1.54, 1.807) is 0 Å². The van der Waals surface area contributed by atoms with Gasteiger partial charge in [0, 0.05) is 16.6 Å². The summed E-state index contributed by atoms with van der Waals surface area (Å²) in [5.41, 5.74) is 5.06. The third-order valence-electron chi connectivity index (χ3n) is 2.36. The van der Waals surface area contributed by atoms with Gasteiger partial charge in [-0.2, -0.15) is 0 Å². The van der Waals surface area contributed by atoms with E-state index in [4.69, 9.17) is 5.73 Å². The Morgan fingerprint density at radius 2 is 1.90 bits per heavy atom. The van der Waals surface area contributed by atoms with Gasteiger partial charge in [-0.05, 0) is 22.0 Å². The highest BCUT2D eigenvalue weighted by Gasteiger charge is 2.18. The Morgan fingerprint density at radius 3 is 2.48 bits per heavy atom. The second-order valence-corrected chi connectivity index (χ2v) is 6.34. The normalized spacial score (nSPS) is 11.1. The molecule has 0 spiro atoms. The molecule has 0 saturated carbocycles. The summed E-state index contributed by atoms with van der Waals surface area (Å²) in [6.45, 7) is 0. The van der Waals surface area contributed by atoms with Crippen molar-refractivity contribution in [2.75, 3.05) is 10.5 Å². The number of non-ortho nitro benzene ring substituents is 1. The van der Waals surface area contributed by atoms with Gasteiger partial charge in [-0.15, -0.1) is 0 Å². The Kier molecular flexibility index (Phi) is 4.04. The fourth-order valence-corrected chi connectivity index (χ4v) is 2.81. The molecule has 9 nitrogen and oxygen atoms in total. The van der Waals surface area contributed by atoms with Crippen LogP contribution in [0.3, 0.4) is 0 Å². The molecule has 0 amide bonds. The van der Waals surface area contributed by atoms with Crippen molar-refractivity contribution in [1.82, 2.24) is 9.97 Å². The first-order valence-electron chi connectivity index (χ1n) is 5.34. The number of halogens is 1. The van der Waals surface area contributed by atoms with Crippen molar-refractivity contribution in [2.45, 2.75) is 4.90 Å². The molecular formula is C10H8BrN5O4S. The Hall–Kier alpha value is -2.27. The topological polar surface area (TPSA) is 141 Å². The molecule has 3 N–H and O–H groups in total. The van der Waals surface area contributed by atoms with Gasteiger partial charge in [-0.25, -0.2) is 18.4 Å². The molecular weight excluding hydrogens is 366 g/mol. The number of benzene rings is 1. The third-order valence-corrected chi connectivity index (χ3v) is 4.38. The van der Waals surface area contributed by atoms with E-state index >= 15 is 0 Å². The fourth-order valence-electron chi connectivity index (χ4n) is 1.37. The summed E-state index contributed by atoms with van der Waals surface area (Å²) in [5.74, 6) is -0.0644. The van der Waals surface area contributed by atoms with Crippen LogP contribution in [0, 0.1) is 10.1 Å². The average molecular weight is 374 g/mol. The van der Waals surface area contributed by atoms with Crippen LogP contribution in [-0.2, 0) is 10.0 Å². The second kappa shape index (κ2) is 5.61. The van der Waals surface area contributed by atoms with Crippen LogP contribution in [0.2, 0.25) is 0 Å². The number of sulfonamides is 1. The number of hydrogen-bond donors (Lipinski definition) is 2. The molecule has 0 fully saturated rings. The van der Waals surface area contributed by atoms with Gasteiger partial charge in [0.25, 0.3) is 15.7 Å². The van der Waals surface area contributed by atoms with E-state index < -0.39 is 14.9 Å². The lowest BCUT2D eigenvalue weighted by atomic mass is 10.3. The number of nitro benzene ring substituents is 1. The molecule has 0 saturated heterocycles. The van der Waals surface area contributed by atoms with Crippen LogP contribution in [0.15, 0.2) is 40.0 Å². The van der Waals surface area contributed by atoms with E-state index in [-0.39, 0.29) is 22.2 Å². The molecule has 0 aliphatic rings. The SMILES string of the molecule is Nc1ncc(S(=O)(=O)Nc2cc([N+](=O)[O-])ccc2Br)cn1. The number of nitrogens with zero attached hydrogens (tertiary/aromatic N) is 3. The smallest absolute Gasteiger partial charge is 0.271 e. The van der Waals surface area contributed by atoms with Gasteiger partial charge >= 0.3 is 0 Å². The molecule has 0 aliphatic heterocycles. The lowest BCUT2D eigenvalue weighted by Gasteiger charge is -2.09. The summed E-state index contributed by atoms with van der Waals surface area (Å²) in [6.07, 6.45) is 2.08. The van der Waals surface area contributed by atoms with Crippen LogP contribution in [0.4, 0.5) is 17.3 Å². The minimum absolute atomic E-state index is 0.0287. The van der Waals surface area contributed by atoms with Crippen molar-refractivity contribution in [3.63, 3.8) is 0 Å². The van der Waals surface area contributed by atoms with E-state index in [1.165, 1.54) is 12.1 Å². The van der Waals surface area contributed by atoms with Crippen molar-refractivity contribution >= 4 is 43.3 Å². The zero-order valence-electron chi connectivity index (χ0n) is 10.2. The molecule has 1 aromatic carbocycles. The predicted molar refractivity (Wildman–Crippen MR) is 78.0 cm³/mol. The molecule has 21 heavy (non-hydrogen) atoms. The van der Waals surface area contributed by atoms with Crippen LogP contribution >= 0.6 is 15.9 Å². The van der Waals surface area contributed by atoms with E-state index in [9.17, 15) is 18.5 Å². The van der Waals surface area contributed by atoms with Crippen LogP contribution in [0.5, 0.6) is 0 Å². The fraction of sp³-hybridized carbons (Fsp3) is 0. The average Bonchev–Trinajstić information content (AvgIpc) is 2.41. The maximum atomic E-state index is 12.1. The maximum Gasteiger partial charge on any atom is 0.271 e. The van der Waals surface area contributed by atoms with Crippen molar-refractivity contribution in [2.24, 2.45) is 0 Å². The molecule has 0 radical (unpaired) electrons. The molecule has 0 bridgehead atoms. The molecule has 11 heteroatoms. The number of nitrogen functional groups attached to an aromatic ring is 1. The van der Waals surface area contributed by atoms with E-state index in [0.29, 0.717) is 4.47 Å². The van der Waals surface area contributed by atoms with Crippen molar-refractivity contribution in [3.8, 4) is 0 Å². The number of hydrogen-bond acceptors (Lipinski definition) is 7. The van der Waals surface area contributed by atoms with E-state index in [1.807, 2.05) is 0 Å². The molecule has 110 valence electrons. The number of nitro groups is 1. The molecule has 2 aromatic rings. The predicted octanol–water partition coefficient (Wildman–Crippen LogP) is 1.53. The van der Waals surface area contributed by atoms with Gasteiger partial charge in [-0.1, -0.05) is 0 Å². The van der Waals surface area contributed by atoms with Crippen LogP contribution in [0.25, 0.3) is 0 Å². The second-order valence-electron chi connectivity index (χ2n) is 3.80. The molecule has 2 rings (SSSR count). The first-order chi connectivity index (χ1) is 9.79. The molecule has 0 atom stereocenters. The van der Waals surface area contributed by atoms with Crippen LogP contribution in [0.1, 0.15) is 0 Å². The van der Waals surface area contributed by atoms with Crippen LogP contribution < -0.4 is 10.5 Å². The summed E-state index contributed by atoms with van der Waals surface area (Å²) in [4.78, 5) is 17.0. The summed E-state index contributed by atoms with van der Waals surface area (Å²) in [5, 5.41) is 10.7. The van der Waals surface area contributed by atoms with Crippen LogP contribution in [-0.4, -0.2) is 23.3 Å². The van der Waals surface area contributed by atoms with Gasteiger partial charge in [0.1, 0.15) is 4.90 Å². The highest BCUT2D eigenvalue weighted by atomic mass is 79.9. The molecule has 1 aromatic heterocycles. The summed E-state index contributed by atoms with van der Waals surface area (Å²) >= 11 is 3.12. The lowest BCUT2D eigenvalue weighted by Crippen LogP contribution is -2.14. The first-order valence-corrected chi connectivity index (χ1v) is 7.61. The van der Waals surface area contributed by atoms with Gasteiger partial charge in [0.05, 0.1) is 23.0 Å². The summed E-state index contributed by atoms with van der Waals surface area (Å²) < 4.78 is 26.8. The minimum Gasteiger partial charge on any atom is -0.368 e. The highest BCUT2D eigenvalue weighted by Crippen LogP contribution is 2.28. The highest BCUT2D eigenvalue weighted by molar-refractivity contribution is 9.10. The Balaban J connectivity index is 2.38. The number of rotatable bonds is 4. The molecule has 0 aliphatic carbocycles. The third kappa shape index (κ3) is 3.44. The summed E-state index contributed by atoms with van der Waals surface area (Å²) in [7, 11) is -3.98. The first kappa shape index (κ1) is 15.1. The van der Waals surface area contributed by atoms with Gasteiger partial charge in [-0.3, -0.25) is 14.8 Å². The number of nitrogens with two attached hydrogens (primary N) is 1. The molecule has 0 unspecified atom stereocenters. The quantitative estimate of drug-likeness (QED) is 0.611. The van der Waals surface area contributed by atoms with Crippen molar-refractivity contribution in [3.05, 3.63) is 45.2 Å². The monoisotopic (exact) mass is 373 g/mol. The molecule has 1 heterocycles. The van der Waals surface area contributed by atoms with Gasteiger partial charge in [0.2, 0.25) is 5.95 Å². The maximum absolute atomic E-state index is 12.1. The van der Waals surface area contributed by atoms with Gasteiger partial charge in [0.15, 0.2) is 0 Å². The largest absolute Gasteiger partial charge is 0.368 e. The lowest BCUT2D eigenvalue weighted by molar-refractivity contribution is -0.384.